The molecular weight excluding hydrogens is 506 g/mol. The molecule has 174 valence electrons. The van der Waals surface area contributed by atoms with Gasteiger partial charge in [0.25, 0.3) is 0 Å². The first-order chi connectivity index (χ1) is 17.0. The maximum Gasteiger partial charge on any atom is 0.363 e. The standard InChI is InChI=1S/C29H22BrNO4/c1-18-8-3-4-10-21(18)17-34-27-24(30)14-19(16-26(27)33-2)15-25-29(32)35-28(31-25)23-13-7-11-20-9-5-6-12-22(20)23/h3-16H,17H2,1-2H3. The second-order valence-corrected chi connectivity index (χ2v) is 8.97. The van der Waals surface area contributed by atoms with Crippen molar-refractivity contribution in [1.82, 2.24) is 0 Å². The van der Waals surface area contributed by atoms with E-state index in [4.69, 9.17) is 14.2 Å². The van der Waals surface area contributed by atoms with Gasteiger partial charge in [0.2, 0.25) is 5.90 Å². The lowest BCUT2D eigenvalue weighted by molar-refractivity contribution is -0.129. The quantitative estimate of drug-likeness (QED) is 0.203. The lowest BCUT2D eigenvalue weighted by atomic mass is 10.0. The summed E-state index contributed by atoms with van der Waals surface area (Å²) in [5, 5.41) is 2.03. The number of hydrogen-bond acceptors (Lipinski definition) is 5. The van der Waals surface area contributed by atoms with Gasteiger partial charge < -0.3 is 14.2 Å². The van der Waals surface area contributed by atoms with Gasteiger partial charge in [0.05, 0.1) is 11.6 Å². The van der Waals surface area contributed by atoms with E-state index in [9.17, 15) is 4.79 Å². The summed E-state index contributed by atoms with van der Waals surface area (Å²) in [6.07, 6.45) is 1.68. The topological polar surface area (TPSA) is 57.1 Å². The van der Waals surface area contributed by atoms with Crippen LogP contribution >= 0.6 is 15.9 Å². The minimum absolute atomic E-state index is 0.218. The van der Waals surface area contributed by atoms with Crippen LogP contribution in [0.1, 0.15) is 22.3 Å². The van der Waals surface area contributed by atoms with Crippen molar-refractivity contribution in [1.29, 1.82) is 0 Å². The minimum atomic E-state index is -0.497. The van der Waals surface area contributed by atoms with E-state index in [2.05, 4.69) is 20.9 Å². The van der Waals surface area contributed by atoms with E-state index in [1.807, 2.05) is 85.8 Å². The monoisotopic (exact) mass is 527 g/mol. The fourth-order valence-corrected chi connectivity index (χ4v) is 4.55. The van der Waals surface area contributed by atoms with Crippen molar-refractivity contribution in [2.45, 2.75) is 13.5 Å². The number of aryl methyl sites for hydroxylation is 1. The van der Waals surface area contributed by atoms with Gasteiger partial charge in [-0.25, -0.2) is 9.79 Å². The summed E-state index contributed by atoms with van der Waals surface area (Å²) in [6, 6.07) is 25.5. The molecule has 0 bridgehead atoms. The average Bonchev–Trinajstić information content (AvgIpc) is 3.23. The maximum absolute atomic E-state index is 12.6. The summed E-state index contributed by atoms with van der Waals surface area (Å²) in [5.41, 5.74) is 3.97. The summed E-state index contributed by atoms with van der Waals surface area (Å²) in [5.74, 6) is 0.932. The molecule has 1 aliphatic heterocycles. The number of ether oxygens (including phenoxy) is 3. The fourth-order valence-electron chi connectivity index (χ4n) is 3.98. The zero-order chi connectivity index (χ0) is 24.4. The molecule has 4 aromatic rings. The predicted octanol–water partition coefficient (Wildman–Crippen LogP) is 6.84. The van der Waals surface area contributed by atoms with Gasteiger partial charge in [-0.1, -0.05) is 60.7 Å². The maximum atomic E-state index is 12.6. The number of carbonyl (C=O) groups is 1. The van der Waals surface area contributed by atoms with Crippen LogP contribution in [0.25, 0.3) is 16.8 Å². The molecule has 1 aliphatic rings. The molecule has 0 aromatic heterocycles. The van der Waals surface area contributed by atoms with Gasteiger partial charge in [0, 0.05) is 5.56 Å². The molecule has 0 fully saturated rings. The molecule has 6 heteroatoms. The highest BCUT2D eigenvalue weighted by molar-refractivity contribution is 9.10. The Labute approximate surface area is 211 Å². The normalized spacial score (nSPS) is 14.2. The molecule has 0 saturated heterocycles. The van der Waals surface area contributed by atoms with Crippen molar-refractivity contribution in [3.63, 3.8) is 0 Å². The van der Waals surface area contributed by atoms with E-state index in [0.717, 1.165) is 33.0 Å². The first-order valence-corrected chi connectivity index (χ1v) is 11.9. The second kappa shape index (κ2) is 9.76. The number of benzene rings is 4. The van der Waals surface area contributed by atoms with Gasteiger partial charge >= 0.3 is 5.97 Å². The number of aliphatic imine (C=N–C) groups is 1. The third-order valence-corrected chi connectivity index (χ3v) is 6.42. The van der Waals surface area contributed by atoms with Crippen LogP contribution in [-0.2, 0) is 16.1 Å². The Morgan fingerprint density at radius 1 is 1.00 bits per heavy atom. The minimum Gasteiger partial charge on any atom is -0.493 e. The Morgan fingerprint density at radius 3 is 2.60 bits per heavy atom. The number of esters is 1. The molecule has 0 N–H and O–H groups in total. The second-order valence-electron chi connectivity index (χ2n) is 8.11. The molecule has 0 amide bonds. The van der Waals surface area contributed by atoms with Crippen LogP contribution in [-0.4, -0.2) is 19.0 Å². The smallest absolute Gasteiger partial charge is 0.363 e. The molecule has 35 heavy (non-hydrogen) atoms. The summed E-state index contributed by atoms with van der Waals surface area (Å²) in [6.45, 7) is 2.46. The molecule has 0 saturated carbocycles. The van der Waals surface area contributed by atoms with Gasteiger partial charge in [-0.2, -0.15) is 0 Å². The van der Waals surface area contributed by atoms with Crippen molar-refractivity contribution in [2.24, 2.45) is 4.99 Å². The van der Waals surface area contributed by atoms with Crippen molar-refractivity contribution < 1.29 is 19.0 Å². The van der Waals surface area contributed by atoms with Gasteiger partial charge in [-0.05, 0) is 74.6 Å². The highest BCUT2D eigenvalue weighted by Gasteiger charge is 2.25. The lowest BCUT2D eigenvalue weighted by Gasteiger charge is -2.14. The average molecular weight is 528 g/mol. The molecule has 1 heterocycles. The number of fused-ring (bicyclic) bond motifs is 1. The number of rotatable bonds is 6. The first kappa shape index (κ1) is 22.9. The summed E-state index contributed by atoms with van der Waals surface area (Å²) in [7, 11) is 1.58. The fraction of sp³-hybridized carbons (Fsp3) is 0.103. The van der Waals surface area contributed by atoms with Gasteiger partial charge in [0.1, 0.15) is 6.61 Å². The molecule has 0 spiro atoms. The third kappa shape index (κ3) is 4.70. The Balaban J connectivity index is 1.45. The molecule has 5 nitrogen and oxygen atoms in total. The van der Waals surface area contributed by atoms with Crippen molar-refractivity contribution in [3.05, 3.63) is 111 Å². The van der Waals surface area contributed by atoms with E-state index in [0.29, 0.717) is 28.5 Å². The highest BCUT2D eigenvalue weighted by atomic mass is 79.9. The van der Waals surface area contributed by atoms with Crippen LogP contribution < -0.4 is 9.47 Å². The summed E-state index contributed by atoms with van der Waals surface area (Å²) >= 11 is 3.58. The molecule has 0 aliphatic carbocycles. The number of halogens is 1. The van der Waals surface area contributed by atoms with Crippen LogP contribution in [0.5, 0.6) is 11.5 Å². The van der Waals surface area contributed by atoms with E-state index < -0.39 is 5.97 Å². The van der Waals surface area contributed by atoms with Crippen LogP contribution in [0.4, 0.5) is 0 Å². The SMILES string of the molecule is COc1cc(C=C2N=C(c3cccc4ccccc34)OC2=O)cc(Br)c1OCc1ccccc1C. The molecule has 0 unspecified atom stereocenters. The highest BCUT2D eigenvalue weighted by Crippen LogP contribution is 2.38. The lowest BCUT2D eigenvalue weighted by Crippen LogP contribution is -2.05. The predicted molar refractivity (Wildman–Crippen MR) is 141 cm³/mol. The van der Waals surface area contributed by atoms with Gasteiger partial charge in [0.15, 0.2) is 17.2 Å². The number of methoxy groups -OCH3 is 1. The van der Waals surface area contributed by atoms with E-state index in [-0.39, 0.29) is 5.70 Å². The zero-order valence-corrected chi connectivity index (χ0v) is 20.8. The van der Waals surface area contributed by atoms with Gasteiger partial charge in [-0.15, -0.1) is 0 Å². The summed E-state index contributed by atoms with van der Waals surface area (Å²) in [4.78, 5) is 17.1. The van der Waals surface area contributed by atoms with Crippen LogP contribution in [0.15, 0.2) is 94.0 Å². The number of cyclic esters (lactones) is 1. The number of carbonyl (C=O) groups excluding carboxylic acids is 1. The summed E-state index contributed by atoms with van der Waals surface area (Å²) < 4.78 is 17.9. The van der Waals surface area contributed by atoms with E-state index in [1.165, 1.54) is 0 Å². The van der Waals surface area contributed by atoms with Crippen molar-refractivity contribution >= 4 is 44.6 Å². The first-order valence-electron chi connectivity index (χ1n) is 11.1. The number of hydrogen-bond donors (Lipinski definition) is 0. The van der Waals surface area contributed by atoms with Crippen molar-refractivity contribution in [3.8, 4) is 11.5 Å². The molecule has 0 radical (unpaired) electrons. The van der Waals surface area contributed by atoms with Crippen molar-refractivity contribution in [2.75, 3.05) is 7.11 Å². The van der Waals surface area contributed by atoms with E-state index in [1.54, 1.807) is 13.2 Å². The zero-order valence-electron chi connectivity index (χ0n) is 19.2. The Hall–Kier alpha value is -3.90. The Morgan fingerprint density at radius 2 is 1.77 bits per heavy atom. The number of nitrogens with zero attached hydrogens (tertiary/aromatic N) is 1. The van der Waals surface area contributed by atoms with Gasteiger partial charge in [-0.3, -0.25) is 0 Å². The Kier molecular flexibility index (Phi) is 6.38. The largest absolute Gasteiger partial charge is 0.493 e. The van der Waals surface area contributed by atoms with E-state index >= 15 is 0 Å². The molecule has 5 rings (SSSR count). The molecule has 4 aromatic carbocycles. The van der Waals surface area contributed by atoms with Crippen LogP contribution in [0, 0.1) is 6.92 Å². The Bertz CT molecular complexity index is 1500. The molecular formula is C29H22BrNO4. The van der Waals surface area contributed by atoms with Crippen LogP contribution in [0.2, 0.25) is 0 Å². The molecule has 0 atom stereocenters. The third-order valence-electron chi connectivity index (χ3n) is 5.83. The van der Waals surface area contributed by atoms with Crippen LogP contribution in [0.3, 0.4) is 0 Å².